The minimum absolute atomic E-state index is 0.0911. The molecule has 140 valence electrons. The molecule has 4 rings (SSSR count). The van der Waals surface area contributed by atoms with Crippen molar-refractivity contribution in [2.24, 2.45) is 0 Å². The molecule has 0 bridgehead atoms. The molecule has 1 aliphatic heterocycles. The van der Waals surface area contributed by atoms with Gasteiger partial charge >= 0.3 is 0 Å². The predicted octanol–water partition coefficient (Wildman–Crippen LogP) is 4.10. The molecule has 0 aliphatic carbocycles. The van der Waals surface area contributed by atoms with E-state index in [4.69, 9.17) is 5.26 Å². The van der Waals surface area contributed by atoms with Crippen molar-refractivity contribution in [3.8, 4) is 23.0 Å². The fourth-order valence-electron chi connectivity index (χ4n) is 3.45. The zero-order valence-corrected chi connectivity index (χ0v) is 14.9. The summed E-state index contributed by atoms with van der Waals surface area (Å²) in [7, 11) is 0. The number of carbonyl (C=O) groups is 1. The molecule has 1 aromatic heterocycles. The second-order valence-corrected chi connectivity index (χ2v) is 6.62. The topological polar surface area (TPSA) is 61.9 Å². The molecule has 0 unspecified atom stereocenters. The number of halogens is 2. The quantitative estimate of drug-likeness (QED) is 0.641. The number of carbonyl (C=O) groups excluding carboxylic acids is 1. The predicted molar refractivity (Wildman–Crippen MR) is 100 cm³/mol. The van der Waals surface area contributed by atoms with Crippen LogP contribution in [0, 0.1) is 23.0 Å². The molecule has 1 aliphatic rings. The highest BCUT2D eigenvalue weighted by Gasteiger charge is 2.18. The first-order chi connectivity index (χ1) is 13.6. The van der Waals surface area contributed by atoms with Crippen LogP contribution in [0.1, 0.15) is 28.9 Å². The van der Waals surface area contributed by atoms with Gasteiger partial charge in [0.05, 0.1) is 11.3 Å². The second kappa shape index (κ2) is 7.24. The monoisotopic (exact) mass is 378 g/mol. The smallest absolute Gasteiger partial charge is 0.170 e. The molecule has 0 radical (unpaired) electrons. The van der Waals surface area contributed by atoms with Crippen LogP contribution in [0.4, 0.5) is 14.5 Å². The molecule has 1 saturated heterocycles. The molecule has 0 atom stereocenters. The van der Waals surface area contributed by atoms with E-state index in [0.717, 1.165) is 31.6 Å². The van der Waals surface area contributed by atoms with Gasteiger partial charge in [0.2, 0.25) is 0 Å². The van der Waals surface area contributed by atoms with E-state index in [1.165, 1.54) is 28.9 Å². The van der Waals surface area contributed by atoms with Crippen LogP contribution in [-0.2, 0) is 0 Å². The maximum absolute atomic E-state index is 14.9. The van der Waals surface area contributed by atoms with Crippen LogP contribution in [0.2, 0.25) is 0 Å². The summed E-state index contributed by atoms with van der Waals surface area (Å²) in [5.41, 5.74) is 1.72. The molecular weight excluding hydrogens is 362 g/mol. The first-order valence-electron chi connectivity index (χ1n) is 8.91. The normalized spacial score (nSPS) is 13.5. The van der Waals surface area contributed by atoms with E-state index in [1.807, 2.05) is 6.07 Å². The van der Waals surface area contributed by atoms with Crippen LogP contribution in [0.15, 0.2) is 42.5 Å². The van der Waals surface area contributed by atoms with Crippen molar-refractivity contribution in [1.29, 1.82) is 5.26 Å². The number of benzene rings is 2. The molecule has 0 N–H and O–H groups in total. The SMILES string of the molecule is N#Cc1ccc(-c2cc(C=O)nn2-c2ccc(N3CCCC3)cc2F)cc1F. The van der Waals surface area contributed by atoms with Gasteiger partial charge in [-0.15, -0.1) is 0 Å². The van der Waals surface area contributed by atoms with Crippen molar-refractivity contribution in [1.82, 2.24) is 9.78 Å². The number of hydrogen-bond donors (Lipinski definition) is 0. The van der Waals surface area contributed by atoms with Gasteiger partial charge < -0.3 is 4.90 Å². The van der Waals surface area contributed by atoms with Crippen molar-refractivity contribution in [2.75, 3.05) is 18.0 Å². The summed E-state index contributed by atoms with van der Waals surface area (Å²) in [5.74, 6) is -1.18. The number of anilines is 1. The first kappa shape index (κ1) is 17.9. The van der Waals surface area contributed by atoms with Crippen LogP contribution in [0.25, 0.3) is 16.9 Å². The first-order valence-corrected chi connectivity index (χ1v) is 8.91. The number of nitriles is 1. The van der Waals surface area contributed by atoms with Gasteiger partial charge in [-0.3, -0.25) is 4.79 Å². The molecule has 2 aromatic carbocycles. The minimum Gasteiger partial charge on any atom is -0.371 e. The van der Waals surface area contributed by atoms with E-state index in [1.54, 1.807) is 18.2 Å². The molecular formula is C21H16F2N4O. The average Bonchev–Trinajstić information content (AvgIpc) is 3.38. The van der Waals surface area contributed by atoms with Crippen molar-refractivity contribution < 1.29 is 13.6 Å². The average molecular weight is 378 g/mol. The maximum atomic E-state index is 14.9. The van der Waals surface area contributed by atoms with Crippen molar-refractivity contribution in [2.45, 2.75) is 12.8 Å². The van der Waals surface area contributed by atoms with E-state index in [0.29, 0.717) is 17.5 Å². The molecule has 1 fully saturated rings. The van der Waals surface area contributed by atoms with Crippen LogP contribution >= 0.6 is 0 Å². The summed E-state index contributed by atoms with van der Waals surface area (Å²) in [5, 5.41) is 13.0. The Bertz CT molecular complexity index is 1090. The molecule has 5 nitrogen and oxygen atoms in total. The minimum atomic E-state index is -0.690. The van der Waals surface area contributed by atoms with Crippen LogP contribution in [-0.4, -0.2) is 29.2 Å². The van der Waals surface area contributed by atoms with Gasteiger partial charge in [0.1, 0.15) is 23.3 Å². The standard InChI is InChI=1S/C21H16F2N4O/c22-18-9-14(3-4-15(18)12-24)21-10-16(13-28)25-27(21)20-6-5-17(11-19(20)23)26-7-1-2-8-26/h3-6,9-11,13H,1-2,7-8H2. The molecule has 3 aromatic rings. The summed E-state index contributed by atoms with van der Waals surface area (Å²) >= 11 is 0. The summed E-state index contributed by atoms with van der Waals surface area (Å²) < 4.78 is 30.3. The summed E-state index contributed by atoms with van der Waals surface area (Å²) in [6.45, 7) is 1.79. The Morgan fingerprint density at radius 3 is 2.46 bits per heavy atom. The van der Waals surface area contributed by atoms with E-state index in [-0.39, 0.29) is 16.9 Å². The third-order valence-corrected chi connectivity index (χ3v) is 4.86. The molecule has 0 saturated carbocycles. The van der Waals surface area contributed by atoms with Crippen molar-refractivity contribution in [3.63, 3.8) is 0 Å². The number of nitrogens with zero attached hydrogens (tertiary/aromatic N) is 4. The number of aldehydes is 1. The second-order valence-electron chi connectivity index (χ2n) is 6.62. The van der Waals surface area contributed by atoms with E-state index in [9.17, 15) is 13.6 Å². The summed E-state index contributed by atoms with van der Waals surface area (Å²) in [6.07, 6.45) is 2.72. The lowest BCUT2D eigenvalue weighted by atomic mass is 10.1. The van der Waals surface area contributed by atoms with Gasteiger partial charge in [-0.05, 0) is 49.2 Å². The summed E-state index contributed by atoms with van der Waals surface area (Å²) in [4.78, 5) is 13.3. The largest absolute Gasteiger partial charge is 0.371 e. The third kappa shape index (κ3) is 3.14. The molecule has 28 heavy (non-hydrogen) atoms. The van der Waals surface area contributed by atoms with Gasteiger partial charge in [-0.1, -0.05) is 6.07 Å². The lowest BCUT2D eigenvalue weighted by Crippen LogP contribution is -2.18. The highest BCUT2D eigenvalue weighted by atomic mass is 19.1. The molecule has 0 amide bonds. The number of aromatic nitrogens is 2. The van der Waals surface area contributed by atoms with E-state index in [2.05, 4.69) is 10.00 Å². The number of hydrogen-bond acceptors (Lipinski definition) is 4. The Hall–Kier alpha value is -3.53. The Labute approximate surface area is 160 Å². The van der Waals surface area contributed by atoms with Crippen LogP contribution in [0.3, 0.4) is 0 Å². The Kier molecular flexibility index (Phi) is 4.62. The Morgan fingerprint density at radius 1 is 1.04 bits per heavy atom. The van der Waals surface area contributed by atoms with Crippen molar-refractivity contribution in [3.05, 3.63) is 65.4 Å². The fraction of sp³-hybridized carbons (Fsp3) is 0.190. The van der Waals surface area contributed by atoms with Crippen LogP contribution in [0.5, 0.6) is 0 Å². The zero-order chi connectivity index (χ0) is 19.7. The number of rotatable bonds is 4. The molecule has 0 spiro atoms. The maximum Gasteiger partial charge on any atom is 0.170 e. The molecule has 7 heteroatoms. The van der Waals surface area contributed by atoms with Gasteiger partial charge in [0.25, 0.3) is 0 Å². The van der Waals surface area contributed by atoms with E-state index >= 15 is 0 Å². The Morgan fingerprint density at radius 2 is 1.82 bits per heavy atom. The third-order valence-electron chi connectivity index (χ3n) is 4.86. The van der Waals surface area contributed by atoms with Gasteiger partial charge in [-0.25, -0.2) is 13.5 Å². The highest BCUT2D eigenvalue weighted by Crippen LogP contribution is 2.29. The van der Waals surface area contributed by atoms with E-state index < -0.39 is 11.6 Å². The van der Waals surface area contributed by atoms with Crippen LogP contribution < -0.4 is 4.90 Å². The van der Waals surface area contributed by atoms with Gasteiger partial charge in [-0.2, -0.15) is 10.4 Å². The summed E-state index contributed by atoms with van der Waals surface area (Å²) in [6, 6.07) is 12.2. The zero-order valence-electron chi connectivity index (χ0n) is 14.9. The fourth-order valence-corrected chi connectivity index (χ4v) is 3.45. The lowest BCUT2D eigenvalue weighted by Gasteiger charge is -2.18. The van der Waals surface area contributed by atoms with Gasteiger partial charge in [0, 0.05) is 24.3 Å². The van der Waals surface area contributed by atoms with Gasteiger partial charge in [0.15, 0.2) is 12.1 Å². The van der Waals surface area contributed by atoms with Crippen molar-refractivity contribution >= 4 is 12.0 Å². The highest BCUT2D eigenvalue weighted by molar-refractivity contribution is 5.76. The molecule has 2 heterocycles. The Balaban J connectivity index is 1.80. The lowest BCUT2D eigenvalue weighted by molar-refractivity contribution is 0.111.